The van der Waals surface area contributed by atoms with Crippen LogP contribution in [-0.2, 0) is 19.3 Å². The monoisotopic (exact) mass is 394 g/mol. The first kappa shape index (κ1) is 19.0. The van der Waals surface area contributed by atoms with Gasteiger partial charge in [0.05, 0.1) is 0 Å². The third-order valence-electron chi connectivity index (χ3n) is 5.34. The fourth-order valence-corrected chi connectivity index (χ4v) is 4.70. The molecule has 0 radical (unpaired) electrons. The molecule has 6 heteroatoms. The van der Waals surface area contributed by atoms with Gasteiger partial charge < -0.3 is 9.67 Å². The van der Waals surface area contributed by atoms with Gasteiger partial charge in [0.25, 0.3) is 0 Å². The number of hydrogen-bond acceptors (Lipinski definition) is 5. The van der Waals surface area contributed by atoms with Crippen LogP contribution in [0.1, 0.15) is 35.7 Å². The third kappa shape index (κ3) is 4.39. The number of piperidine rings is 1. The van der Waals surface area contributed by atoms with Gasteiger partial charge >= 0.3 is 0 Å². The van der Waals surface area contributed by atoms with Gasteiger partial charge in [-0.3, -0.25) is 4.90 Å². The average Bonchev–Trinajstić information content (AvgIpc) is 3.10. The summed E-state index contributed by atoms with van der Waals surface area (Å²) in [5.41, 5.74) is 2.28. The molecule has 0 bridgehead atoms. The Morgan fingerprint density at radius 1 is 1.07 bits per heavy atom. The zero-order valence-electron chi connectivity index (χ0n) is 16.2. The lowest BCUT2D eigenvalue weighted by Crippen LogP contribution is -2.34. The molecule has 2 aromatic carbocycles. The molecule has 1 atom stereocenters. The molecule has 1 aliphatic heterocycles. The van der Waals surface area contributed by atoms with Crippen molar-refractivity contribution in [2.75, 3.05) is 13.1 Å². The highest BCUT2D eigenvalue weighted by atomic mass is 32.2. The molecule has 0 saturated carbocycles. The van der Waals surface area contributed by atoms with Crippen LogP contribution in [-0.4, -0.2) is 37.9 Å². The molecule has 3 aromatic rings. The molecular weight excluding hydrogens is 368 g/mol. The summed E-state index contributed by atoms with van der Waals surface area (Å²) >= 11 is 1.73. The zero-order chi connectivity index (χ0) is 19.3. The Bertz CT molecular complexity index is 912. The predicted octanol–water partition coefficient (Wildman–Crippen LogP) is 4.19. The van der Waals surface area contributed by atoms with E-state index < -0.39 is 0 Å². The van der Waals surface area contributed by atoms with Crippen molar-refractivity contribution in [2.24, 2.45) is 7.05 Å². The van der Waals surface area contributed by atoms with Crippen LogP contribution in [0.15, 0.2) is 59.8 Å². The van der Waals surface area contributed by atoms with E-state index in [1.807, 2.05) is 24.3 Å². The van der Waals surface area contributed by atoms with E-state index in [1.54, 1.807) is 17.8 Å². The van der Waals surface area contributed by atoms with Crippen molar-refractivity contribution in [3.63, 3.8) is 0 Å². The lowest BCUT2D eigenvalue weighted by molar-refractivity contribution is 0.193. The molecular formula is C22H26N4OS. The summed E-state index contributed by atoms with van der Waals surface area (Å²) in [6, 6.07) is 18.1. The smallest absolute Gasteiger partial charge is 0.191 e. The molecule has 4 rings (SSSR count). The van der Waals surface area contributed by atoms with Crippen molar-refractivity contribution in [1.29, 1.82) is 0 Å². The Kier molecular flexibility index (Phi) is 5.98. The minimum Gasteiger partial charge on any atom is -0.508 e. The molecule has 5 nitrogen and oxygen atoms in total. The first-order valence-electron chi connectivity index (χ1n) is 9.76. The first-order chi connectivity index (χ1) is 13.7. The van der Waals surface area contributed by atoms with Crippen LogP contribution in [0.2, 0.25) is 0 Å². The zero-order valence-corrected chi connectivity index (χ0v) is 17.0. The van der Waals surface area contributed by atoms with E-state index in [-0.39, 0.29) is 0 Å². The minimum absolute atomic E-state index is 0.378. The summed E-state index contributed by atoms with van der Waals surface area (Å²) in [7, 11) is 2.07. The second-order valence-corrected chi connectivity index (χ2v) is 8.32. The average molecular weight is 395 g/mol. The summed E-state index contributed by atoms with van der Waals surface area (Å²) in [6.45, 7) is 2.78. The largest absolute Gasteiger partial charge is 0.508 e. The molecule has 2 heterocycles. The lowest BCUT2D eigenvalue weighted by Gasteiger charge is -2.32. The number of hydrogen-bond donors (Lipinski definition) is 1. The van der Waals surface area contributed by atoms with Crippen LogP contribution in [0.4, 0.5) is 0 Å². The predicted molar refractivity (Wildman–Crippen MR) is 112 cm³/mol. The highest BCUT2D eigenvalue weighted by Gasteiger charge is 2.26. The number of aromatic hydroxyl groups is 1. The summed E-state index contributed by atoms with van der Waals surface area (Å²) in [6.07, 6.45) is 2.27. The SMILES string of the molecule is Cn1c(SCc2ccccc2)nnc1C1CCCN(Cc2ccccc2O)C1. The van der Waals surface area contributed by atoms with E-state index in [0.29, 0.717) is 11.7 Å². The molecule has 0 amide bonds. The van der Waals surface area contributed by atoms with Crippen molar-refractivity contribution in [2.45, 2.75) is 36.2 Å². The van der Waals surface area contributed by atoms with Crippen LogP contribution < -0.4 is 0 Å². The molecule has 28 heavy (non-hydrogen) atoms. The van der Waals surface area contributed by atoms with E-state index in [9.17, 15) is 5.11 Å². The molecule has 1 N–H and O–H groups in total. The number of phenols is 1. The Labute approximate surface area is 170 Å². The quantitative estimate of drug-likeness (QED) is 0.635. The third-order valence-corrected chi connectivity index (χ3v) is 6.43. The van der Waals surface area contributed by atoms with Crippen LogP contribution in [0, 0.1) is 0 Å². The molecule has 0 spiro atoms. The highest BCUT2D eigenvalue weighted by molar-refractivity contribution is 7.98. The number of benzene rings is 2. The second kappa shape index (κ2) is 8.80. The second-order valence-electron chi connectivity index (χ2n) is 7.38. The van der Waals surface area contributed by atoms with Gasteiger partial charge in [-0.25, -0.2) is 0 Å². The summed E-state index contributed by atoms with van der Waals surface area (Å²) in [5, 5.41) is 20.0. The van der Waals surface area contributed by atoms with Gasteiger partial charge in [0.2, 0.25) is 0 Å². The fourth-order valence-electron chi connectivity index (χ4n) is 3.82. The van der Waals surface area contributed by atoms with Crippen molar-refractivity contribution in [3.05, 3.63) is 71.5 Å². The minimum atomic E-state index is 0.378. The first-order valence-corrected chi connectivity index (χ1v) is 10.7. The molecule has 0 aliphatic carbocycles. The number of phenolic OH excluding ortho intramolecular Hbond substituents is 1. The summed E-state index contributed by atoms with van der Waals surface area (Å²) in [5.74, 6) is 2.72. The number of thioether (sulfide) groups is 1. The molecule has 1 saturated heterocycles. The van der Waals surface area contributed by atoms with E-state index in [0.717, 1.165) is 54.8 Å². The van der Waals surface area contributed by atoms with E-state index in [4.69, 9.17) is 0 Å². The van der Waals surface area contributed by atoms with Crippen LogP contribution in [0.25, 0.3) is 0 Å². The van der Waals surface area contributed by atoms with E-state index in [1.165, 1.54) is 5.56 Å². The van der Waals surface area contributed by atoms with Gasteiger partial charge in [-0.15, -0.1) is 10.2 Å². The van der Waals surface area contributed by atoms with Crippen molar-refractivity contribution < 1.29 is 5.11 Å². The Morgan fingerprint density at radius 3 is 2.68 bits per heavy atom. The van der Waals surface area contributed by atoms with Gasteiger partial charge in [-0.2, -0.15) is 0 Å². The maximum atomic E-state index is 10.1. The summed E-state index contributed by atoms with van der Waals surface area (Å²) < 4.78 is 2.15. The maximum absolute atomic E-state index is 10.1. The molecule has 1 aromatic heterocycles. The Balaban J connectivity index is 1.41. The van der Waals surface area contributed by atoms with Crippen LogP contribution in [0.3, 0.4) is 0 Å². The van der Waals surface area contributed by atoms with Gasteiger partial charge in [0.1, 0.15) is 11.6 Å². The van der Waals surface area contributed by atoms with E-state index >= 15 is 0 Å². The van der Waals surface area contributed by atoms with Gasteiger partial charge in [-0.05, 0) is 31.0 Å². The van der Waals surface area contributed by atoms with Gasteiger partial charge in [0.15, 0.2) is 5.16 Å². The molecule has 1 aliphatic rings. The lowest BCUT2D eigenvalue weighted by atomic mass is 9.96. The number of likely N-dealkylation sites (tertiary alicyclic amines) is 1. The summed E-state index contributed by atoms with van der Waals surface area (Å²) in [4.78, 5) is 2.41. The van der Waals surface area contributed by atoms with E-state index in [2.05, 4.69) is 51.0 Å². The number of aromatic nitrogens is 3. The van der Waals surface area contributed by atoms with Crippen molar-refractivity contribution >= 4 is 11.8 Å². The fraction of sp³-hybridized carbons (Fsp3) is 0.364. The highest BCUT2D eigenvalue weighted by Crippen LogP contribution is 2.30. The number of para-hydroxylation sites is 1. The number of nitrogens with zero attached hydrogens (tertiary/aromatic N) is 4. The van der Waals surface area contributed by atoms with Crippen LogP contribution in [0.5, 0.6) is 5.75 Å². The topological polar surface area (TPSA) is 54.2 Å². The maximum Gasteiger partial charge on any atom is 0.191 e. The Hall–Kier alpha value is -2.31. The van der Waals surface area contributed by atoms with Crippen LogP contribution >= 0.6 is 11.8 Å². The van der Waals surface area contributed by atoms with Crippen molar-refractivity contribution in [1.82, 2.24) is 19.7 Å². The Morgan fingerprint density at radius 2 is 1.86 bits per heavy atom. The molecule has 1 unspecified atom stereocenters. The van der Waals surface area contributed by atoms with Crippen molar-refractivity contribution in [3.8, 4) is 5.75 Å². The standard InChI is InChI=1S/C22H26N4OS/c1-25-21(23-24-22(25)28-16-17-8-3-2-4-9-17)19-11-7-13-26(15-19)14-18-10-5-6-12-20(18)27/h2-6,8-10,12,19,27H,7,11,13-16H2,1H3. The van der Waals surface area contributed by atoms with Gasteiger partial charge in [-0.1, -0.05) is 60.3 Å². The normalized spacial score (nSPS) is 17.7. The number of rotatable bonds is 6. The van der Waals surface area contributed by atoms with Gasteiger partial charge in [0, 0.05) is 37.4 Å². The molecule has 1 fully saturated rings. The molecule has 146 valence electrons.